The average Bonchev–Trinajstić information content (AvgIpc) is 2.96. The highest BCUT2D eigenvalue weighted by atomic mass is 35.5. The summed E-state index contributed by atoms with van der Waals surface area (Å²) in [6.07, 6.45) is -0.199. The Kier molecular flexibility index (Phi) is 3.57. The van der Waals surface area contributed by atoms with Crippen LogP contribution in [0.5, 0.6) is 0 Å². The van der Waals surface area contributed by atoms with Gasteiger partial charge in [-0.15, -0.1) is 0 Å². The molecule has 0 amide bonds. The molecule has 0 saturated heterocycles. The van der Waals surface area contributed by atoms with Crippen LogP contribution < -0.4 is 0 Å². The third kappa shape index (κ3) is 2.80. The van der Waals surface area contributed by atoms with Gasteiger partial charge in [0, 0.05) is 23.3 Å². The molecule has 2 nitrogen and oxygen atoms in total. The lowest BCUT2D eigenvalue weighted by molar-refractivity contribution is -0.141. The number of ether oxygens (including phenoxy) is 1. The van der Waals surface area contributed by atoms with Crippen LogP contribution >= 0.6 is 11.6 Å². The molecule has 1 fully saturated rings. The van der Waals surface area contributed by atoms with Crippen LogP contribution in [-0.2, 0) is 9.53 Å². The molecule has 2 atom stereocenters. The van der Waals surface area contributed by atoms with E-state index in [0.717, 1.165) is 0 Å². The molecule has 2 rings (SSSR count). The van der Waals surface area contributed by atoms with E-state index in [1.165, 1.54) is 7.11 Å². The minimum absolute atomic E-state index is 0.0294. The molecule has 0 spiro atoms. The number of halogens is 3. The van der Waals surface area contributed by atoms with Crippen LogP contribution in [0, 0.1) is 5.92 Å². The number of hydrogen-bond acceptors (Lipinski definition) is 2. The Hall–Kier alpha value is -1.16. The smallest absolute Gasteiger partial charge is 0.306 e. The van der Waals surface area contributed by atoms with Gasteiger partial charge in [-0.25, -0.2) is 8.78 Å². The molecule has 5 heteroatoms. The maximum Gasteiger partial charge on any atom is 0.306 e. The van der Waals surface area contributed by atoms with Crippen molar-refractivity contribution in [3.63, 3.8) is 0 Å². The number of alkyl halides is 2. The van der Waals surface area contributed by atoms with Crippen molar-refractivity contribution >= 4 is 17.6 Å². The van der Waals surface area contributed by atoms with Crippen molar-refractivity contribution in [2.45, 2.75) is 24.7 Å². The van der Waals surface area contributed by atoms with Crippen molar-refractivity contribution in [1.29, 1.82) is 0 Å². The first kappa shape index (κ1) is 13.3. The lowest BCUT2D eigenvalue weighted by Crippen LogP contribution is -2.13. The Balaban J connectivity index is 2.19. The van der Waals surface area contributed by atoms with Gasteiger partial charge in [0.15, 0.2) is 0 Å². The SMILES string of the molecule is COC(=O)CC(c1ccc(Cl)cc1)C1CC1(F)F. The summed E-state index contributed by atoms with van der Waals surface area (Å²) in [5.74, 6) is -4.43. The molecule has 0 N–H and O–H groups in total. The van der Waals surface area contributed by atoms with Gasteiger partial charge in [-0.1, -0.05) is 23.7 Å². The average molecular weight is 275 g/mol. The highest BCUT2D eigenvalue weighted by Gasteiger charge is 2.60. The Morgan fingerprint density at radius 3 is 2.50 bits per heavy atom. The second-order valence-corrected chi connectivity index (χ2v) is 4.95. The monoisotopic (exact) mass is 274 g/mol. The van der Waals surface area contributed by atoms with Crippen molar-refractivity contribution in [2.75, 3.05) is 7.11 Å². The summed E-state index contributed by atoms with van der Waals surface area (Å²) >= 11 is 5.76. The predicted octanol–water partition coefficient (Wildman–Crippen LogP) is 3.64. The molecule has 1 aromatic carbocycles. The molecule has 2 unspecified atom stereocenters. The summed E-state index contributed by atoms with van der Waals surface area (Å²) in [5, 5.41) is 0.540. The number of esters is 1. The molecule has 0 heterocycles. The summed E-state index contributed by atoms with van der Waals surface area (Å²) in [6.45, 7) is 0. The fourth-order valence-corrected chi connectivity index (χ4v) is 2.26. The molecule has 0 aliphatic heterocycles. The van der Waals surface area contributed by atoms with Crippen LogP contribution in [0.1, 0.15) is 24.3 Å². The normalized spacial score (nSPS) is 22.3. The Morgan fingerprint density at radius 2 is 2.06 bits per heavy atom. The van der Waals surface area contributed by atoms with E-state index >= 15 is 0 Å². The molecule has 0 aromatic heterocycles. The maximum absolute atomic E-state index is 13.2. The summed E-state index contributed by atoms with van der Waals surface area (Å²) < 4.78 is 30.9. The number of carbonyl (C=O) groups is 1. The Bertz CT molecular complexity index is 445. The summed E-state index contributed by atoms with van der Waals surface area (Å²) in [5.41, 5.74) is 0.701. The largest absolute Gasteiger partial charge is 0.469 e. The third-order valence-corrected chi connectivity index (χ3v) is 3.52. The highest BCUT2D eigenvalue weighted by Crippen LogP contribution is 2.57. The van der Waals surface area contributed by atoms with Crippen LogP contribution in [0.4, 0.5) is 8.78 Å². The molecular weight excluding hydrogens is 262 g/mol. The minimum atomic E-state index is -2.67. The van der Waals surface area contributed by atoms with Crippen molar-refractivity contribution in [1.82, 2.24) is 0 Å². The number of hydrogen-bond donors (Lipinski definition) is 0. The van der Waals surface area contributed by atoms with E-state index in [2.05, 4.69) is 4.74 Å². The van der Waals surface area contributed by atoms with Crippen LogP contribution in [0.3, 0.4) is 0 Å². The van der Waals surface area contributed by atoms with Crippen molar-refractivity contribution in [2.24, 2.45) is 5.92 Å². The predicted molar refractivity (Wildman–Crippen MR) is 63.9 cm³/mol. The molecule has 0 radical (unpaired) electrons. The van der Waals surface area contributed by atoms with Crippen LogP contribution in [0.25, 0.3) is 0 Å². The second kappa shape index (κ2) is 4.84. The van der Waals surface area contributed by atoms with Gasteiger partial charge in [-0.05, 0) is 17.7 Å². The highest BCUT2D eigenvalue weighted by molar-refractivity contribution is 6.30. The van der Waals surface area contributed by atoms with Gasteiger partial charge in [0.25, 0.3) is 5.92 Å². The Morgan fingerprint density at radius 1 is 1.50 bits per heavy atom. The van der Waals surface area contributed by atoms with Crippen LogP contribution in [0.15, 0.2) is 24.3 Å². The molecular formula is C13H13ClF2O2. The van der Waals surface area contributed by atoms with E-state index in [1.54, 1.807) is 24.3 Å². The second-order valence-electron chi connectivity index (χ2n) is 4.51. The molecule has 1 aliphatic rings. The lowest BCUT2D eigenvalue weighted by Gasteiger charge is -2.15. The van der Waals surface area contributed by atoms with E-state index in [1.807, 2.05) is 0 Å². The molecule has 0 bridgehead atoms. The zero-order valence-corrected chi connectivity index (χ0v) is 10.6. The zero-order chi connectivity index (χ0) is 13.3. The minimum Gasteiger partial charge on any atom is -0.469 e. The molecule has 1 aliphatic carbocycles. The quantitative estimate of drug-likeness (QED) is 0.784. The van der Waals surface area contributed by atoms with Crippen molar-refractivity contribution < 1.29 is 18.3 Å². The van der Waals surface area contributed by atoms with Crippen molar-refractivity contribution in [3.8, 4) is 0 Å². The van der Waals surface area contributed by atoms with Gasteiger partial charge in [0.1, 0.15) is 0 Å². The summed E-state index contributed by atoms with van der Waals surface area (Å²) in [6, 6.07) is 6.65. The maximum atomic E-state index is 13.2. The summed E-state index contributed by atoms with van der Waals surface area (Å²) in [4.78, 5) is 11.3. The Labute approximate surface area is 109 Å². The van der Waals surface area contributed by atoms with Crippen LogP contribution in [0.2, 0.25) is 5.02 Å². The first-order valence-electron chi connectivity index (χ1n) is 5.64. The van der Waals surface area contributed by atoms with Gasteiger partial charge in [0.05, 0.1) is 13.5 Å². The number of benzene rings is 1. The first-order chi connectivity index (χ1) is 8.44. The zero-order valence-electron chi connectivity index (χ0n) is 9.83. The van der Waals surface area contributed by atoms with Gasteiger partial charge in [-0.2, -0.15) is 0 Å². The molecule has 1 saturated carbocycles. The van der Waals surface area contributed by atoms with Gasteiger partial charge >= 0.3 is 5.97 Å². The number of methoxy groups -OCH3 is 1. The van der Waals surface area contributed by atoms with Crippen LogP contribution in [-0.4, -0.2) is 19.0 Å². The van der Waals surface area contributed by atoms with Gasteiger partial charge in [-0.3, -0.25) is 4.79 Å². The standard InChI is InChI=1S/C13H13ClF2O2/c1-18-12(17)6-10(11-7-13(11,15)16)8-2-4-9(14)5-3-8/h2-5,10-11H,6-7H2,1H3. The van der Waals surface area contributed by atoms with E-state index in [4.69, 9.17) is 11.6 Å². The number of rotatable bonds is 4. The van der Waals surface area contributed by atoms with Gasteiger partial charge in [0.2, 0.25) is 0 Å². The van der Waals surface area contributed by atoms with Crippen molar-refractivity contribution in [3.05, 3.63) is 34.9 Å². The topological polar surface area (TPSA) is 26.3 Å². The van der Waals surface area contributed by atoms with Gasteiger partial charge < -0.3 is 4.74 Å². The van der Waals surface area contributed by atoms with E-state index in [0.29, 0.717) is 10.6 Å². The lowest BCUT2D eigenvalue weighted by atomic mass is 9.91. The fraction of sp³-hybridized carbons (Fsp3) is 0.462. The fourth-order valence-electron chi connectivity index (χ4n) is 2.14. The first-order valence-corrected chi connectivity index (χ1v) is 6.02. The number of carbonyl (C=O) groups excluding carboxylic acids is 1. The summed E-state index contributed by atoms with van der Waals surface area (Å²) in [7, 11) is 1.26. The molecule has 18 heavy (non-hydrogen) atoms. The third-order valence-electron chi connectivity index (χ3n) is 3.27. The van der Waals surface area contributed by atoms with E-state index < -0.39 is 23.7 Å². The van der Waals surface area contributed by atoms with E-state index in [-0.39, 0.29) is 12.8 Å². The molecule has 98 valence electrons. The van der Waals surface area contributed by atoms with E-state index in [9.17, 15) is 13.6 Å². The molecule has 1 aromatic rings.